The molecule has 3 aromatic rings. The van der Waals surface area contributed by atoms with Crippen LogP contribution >= 0.6 is 15.9 Å². The molecule has 0 saturated carbocycles. The van der Waals surface area contributed by atoms with Gasteiger partial charge in [-0.25, -0.2) is 12.8 Å². The fourth-order valence-corrected chi connectivity index (χ4v) is 5.64. The van der Waals surface area contributed by atoms with Crippen LogP contribution in [0.25, 0.3) is 0 Å². The number of amides is 2. The first kappa shape index (κ1) is 29.3. The number of hydrogen-bond donors (Lipinski definition) is 1. The van der Waals surface area contributed by atoms with Gasteiger partial charge in [0.2, 0.25) is 11.8 Å². The molecule has 0 unspecified atom stereocenters. The number of nitrogens with zero attached hydrogens (tertiary/aromatic N) is 2. The average molecular weight is 605 g/mol. The van der Waals surface area contributed by atoms with Gasteiger partial charge in [-0.05, 0) is 54.8 Å². The molecule has 0 aliphatic heterocycles. The minimum atomic E-state index is -4.31. The molecule has 0 aliphatic carbocycles. The average Bonchev–Trinajstić information content (AvgIpc) is 2.89. The van der Waals surface area contributed by atoms with Crippen molar-refractivity contribution in [1.29, 1.82) is 0 Å². The van der Waals surface area contributed by atoms with Gasteiger partial charge < -0.3 is 10.2 Å². The zero-order valence-electron chi connectivity index (χ0n) is 21.5. The van der Waals surface area contributed by atoms with Gasteiger partial charge >= 0.3 is 0 Å². The summed E-state index contributed by atoms with van der Waals surface area (Å²) in [5.74, 6) is -1.61. The number of hydrogen-bond acceptors (Lipinski definition) is 4. The summed E-state index contributed by atoms with van der Waals surface area (Å²) < 4.78 is 43.7. The molecule has 0 aromatic heterocycles. The number of anilines is 1. The molecule has 0 fully saturated rings. The molecule has 202 valence electrons. The summed E-state index contributed by atoms with van der Waals surface area (Å²) in [6, 6.07) is 19.2. The van der Waals surface area contributed by atoms with Crippen LogP contribution in [0.3, 0.4) is 0 Å². The molecule has 1 N–H and O–H groups in total. The molecule has 38 heavy (non-hydrogen) atoms. The Kier molecular flexibility index (Phi) is 10.0. The van der Waals surface area contributed by atoms with Crippen molar-refractivity contribution in [2.45, 2.75) is 38.3 Å². The molecule has 1 atom stereocenters. The van der Waals surface area contributed by atoms with E-state index in [0.29, 0.717) is 6.54 Å². The number of para-hydroxylation sites is 1. The minimum Gasteiger partial charge on any atom is -0.354 e. The van der Waals surface area contributed by atoms with Crippen LogP contribution in [0.2, 0.25) is 0 Å². The number of carbonyl (C=O) groups excluding carboxylic acids is 2. The predicted octanol–water partition coefficient (Wildman–Crippen LogP) is 4.97. The maximum absolute atomic E-state index is 14.9. The van der Waals surface area contributed by atoms with E-state index in [4.69, 9.17) is 0 Å². The third-order valence-electron chi connectivity index (χ3n) is 5.83. The Labute approximate surface area is 231 Å². The van der Waals surface area contributed by atoms with Crippen molar-refractivity contribution in [2.24, 2.45) is 5.92 Å². The summed E-state index contributed by atoms with van der Waals surface area (Å²) in [5.41, 5.74) is 0.476. The van der Waals surface area contributed by atoms with E-state index >= 15 is 0 Å². The Morgan fingerprint density at radius 2 is 1.61 bits per heavy atom. The highest BCUT2D eigenvalue weighted by Gasteiger charge is 2.33. The molecule has 7 nitrogen and oxygen atoms in total. The van der Waals surface area contributed by atoms with Crippen molar-refractivity contribution >= 4 is 43.5 Å². The predicted molar refractivity (Wildman–Crippen MR) is 149 cm³/mol. The SMILES string of the molecule is CC(C)CNC(=O)[C@H](C)N(Cc1cccc(Br)c1)C(=O)CN(c1ccccc1F)S(=O)(=O)c1ccccc1. The van der Waals surface area contributed by atoms with Crippen LogP contribution in [0, 0.1) is 11.7 Å². The normalized spacial score (nSPS) is 12.2. The third kappa shape index (κ3) is 7.41. The van der Waals surface area contributed by atoms with Crippen LogP contribution in [0.5, 0.6) is 0 Å². The lowest BCUT2D eigenvalue weighted by atomic mass is 10.1. The van der Waals surface area contributed by atoms with Crippen LogP contribution < -0.4 is 9.62 Å². The molecule has 10 heteroatoms. The maximum atomic E-state index is 14.9. The van der Waals surface area contributed by atoms with Crippen molar-refractivity contribution in [1.82, 2.24) is 10.2 Å². The standard InChI is InChI=1S/C28H31BrFN3O4S/c1-20(2)17-31-28(35)21(3)32(18-22-10-9-11-23(29)16-22)27(34)19-33(26-15-8-7-14-25(26)30)38(36,37)24-12-5-4-6-13-24/h4-16,20-21H,17-19H2,1-3H3,(H,31,35)/t21-/m0/s1. The smallest absolute Gasteiger partial charge is 0.264 e. The highest BCUT2D eigenvalue weighted by atomic mass is 79.9. The number of carbonyl (C=O) groups is 2. The summed E-state index contributed by atoms with van der Waals surface area (Å²) in [6.45, 7) is 5.27. The van der Waals surface area contributed by atoms with Crippen molar-refractivity contribution in [3.05, 3.63) is 94.7 Å². The Bertz CT molecular complexity index is 1370. The van der Waals surface area contributed by atoms with E-state index in [-0.39, 0.29) is 29.0 Å². The van der Waals surface area contributed by atoms with E-state index in [1.807, 2.05) is 26.0 Å². The van der Waals surface area contributed by atoms with Gasteiger partial charge in [-0.2, -0.15) is 0 Å². The van der Waals surface area contributed by atoms with Crippen LogP contribution in [-0.2, 0) is 26.2 Å². The van der Waals surface area contributed by atoms with Gasteiger partial charge in [-0.1, -0.05) is 72.2 Å². The molecule has 0 bridgehead atoms. The fourth-order valence-electron chi connectivity index (χ4n) is 3.75. The Hall–Kier alpha value is -3.24. The van der Waals surface area contributed by atoms with Gasteiger partial charge in [-0.15, -0.1) is 0 Å². The number of sulfonamides is 1. The highest BCUT2D eigenvalue weighted by Crippen LogP contribution is 2.27. The van der Waals surface area contributed by atoms with E-state index in [9.17, 15) is 22.4 Å². The molecule has 0 heterocycles. The van der Waals surface area contributed by atoms with Gasteiger partial charge in [0.05, 0.1) is 10.6 Å². The number of rotatable bonds is 11. The van der Waals surface area contributed by atoms with Crippen LogP contribution in [0.1, 0.15) is 26.3 Å². The summed E-state index contributed by atoms with van der Waals surface area (Å²) in [6.07, 6.45) is 0. The van der Waals surface area contributed by atoms with E-state index in [0.717, 1.165) is 20.4 Å². The van der Waals surface area contributed by atoms with Gasteiger partial charge in [0.25, 0.3) is 10.0 Å². The number of halogens is 2. The quantitative estimate of drug-likeness (QED) is 0.335. The highest BCUT2D eigenvalue weighted by molar-refractivity contribution is 9.10. The van der Waals surface area contributed by atoms with E-state index < -0.39 is 34.3 Å². The monoisotopic (exact) mass is 603 g/mol. The topological polar surface area (TPSA) is 86.8 Å². The van der Waals surface area contributed by atoms with Gasteiger partial charge in [0.1, 0.15) is 18.4 Å². The third-order valence-corrected chi connectivity index (χ3v) is 8.09. The minimum absolute atomic E-state index is 0.0467. The maximum Gasteiger partial charge on any atom is 0.264 e. The first-order valence-electron chi connectivity index (χ1n) is 12.1. The summed E-state index contributed by atoms with van der Waals surface area (Å²) in [4.78, 5) is 28.0. The molecule has 3 aromatic carbocycles. The molecule has 0 radical (unpaired) electrons. The van der Waals surface area contributed by atoms with Gasteiger partial charge in [0.15, 0.2) is 0 Å². The van der Waals surface area contributed by atoms with E-state index in [1.165, 1.54) is 35.2 Å². The lowest BCUT2D eigenvalue weighted by molar-refractivity contribution is -0.139. The van der Waals surface area contributed by atoms with Gasteiger partial charge in [0, 0.05) is 17.6 Å². The van der Waals surface area contributed by atoms with Crippen molar-refractivity contribution in [3.63, 3.8) is 0 Å². The lowest BCUT2D eigenvalue weighted by Crippen LogP contribution is -2.51. The van der Waals surface area contributed by atoms with E-state index in [1.54, 1.807) is 37.3 Å². The number of benzene rings is 3. The van der Waals surface area contributed by atoms with E-state index in [2.05, 4.69) is 21.2 Å². The van der Waals surface area contributed by atoms with Crippen LogP contribution in [0.15, 0.2) is 88.2 Å². The van der Waals surface area contributed by atoms with Gasteiger partial charge in [-0.3, -0.25) is 13.9 Å². The van der Waals surface area contributed by atoms with Crippen molar-refractivity contribution in [3.8, 4) is 0 Å². The fraction of sp³-hybridized carbons (Fsp3) is 0.286. The van der Waals surface area contributed by atoms with Crippen molar-refractivity contribution < 1.29 is 22.4 Å². The summed E-state index contributed by atoms with van der Waals surface area (Å²) in [5, 5.41) is 2.83. The van der Waals surface area contributed by atoms with Crippen LogP contribution in [0.4, 0.5) is 10.1 Å². The molecule has 0 aliphatic rings. The Morgan fingerprint density at radius 1 is 0.947 bits per heavy atom. The summed E-state index contributed by atoms with van der Waals surface area (Å²) in [7, 11) is -4.31. The zero-order chi connectivity index (χ0) is 27.9. The molecule has 3 rings (SSSR count). The largest absolute Gasteiger partial charge is 0.354 e. The van der Waals surface area contributed by atoms with Crippen LogP contribution in [-0.4, -0.2) is 44.3 Å². The Balaban J connectivity index is 2.01. The molecular formula is C28H31BrFN3O4S. The lowest BCUT2D eigenvalue weighted by Gasteiger charge is -2.32. The molecule has 0 spiro atoms. The zero-order valence-corrected chi connectivity index (χ0v) is 23.9. The second-order valence-corrected chi connectivity index (χ2v) is 12.0. The van der Waals surface area contributed by atoms with Crippen molar-refractivity contribution in [2.75, 3.05) is 17.4 Å². The second kappa shape index (κ2) is 13.0. The first-order valence-corrected chi connectivity index (χ1v) is 14.4. The molecule has 0 saturated heterocycles. The molecule has 2 amide bonds. The molecular weight excluding hydrogens is 573 g/mol. The second-order valence-electron chi connectivity index (χ2n) is 9.24. The summed E-state index contributed by atoms with van der Waals surface area (Å²) >= 11 is 3.41. The number of nitrogens with one attached hydrogen (secondary N) is 1. The first-order chi connectivity index (χ1) is 18.0. The Morgan fingerprint density at radius 3 is 2.24 bits per heavy atom.